The van der Waals surface area contributed by atoms with Gasteiger partial charge in [0, 0.05) is 22.9 Å². The van der Waals surface area contributed by atoms with E-state index in [-0.39, 0.29) is 0 Å². The van der Waals surface area contributed by atoms with Crippen LogP contribution in [0.15, 0.2) is 24.4 Å². The van der Waals surface area contributed by atoms with Gasteiger partial charge in [-0.05, 0) is 62.2 Å². The molecule has 2 aliphatic rings. The molecule has 0 atom stereocenters. The van der Waals surface area contributed by atoms with E-state index in [1.165, 1.54) is 37.0 Å². The largest absolute Gasteiger partial charge is 0.552 e. The fourth-order valence-corrected chi connectivity index (χ4v) is 4.69. The third kappa shape index (κ3) is 2.96. The smallest absolute Gasteiger partial charge is 0.531 e. The number of nitrogens with zero attached hydrogens (tertiary/aromatic N) is 1. The lowest BCUT2D eigenvalue weighted by molar-refractivity contribution is 0.340. The van der Waals surface area contributed by atoms with E-state index in [4.69, 9.17) is 4.65 Å². The zero-order valence-corrected chi connectivity index (χ0v) is 14.6. The van der Waals surface area contributed by atoms with Crippen LogP contribution in [-0.2, 0) is 0 Å². The second-order valence-electron chi connectivity index (χ2n) is 6.60. The Morgan fingerprint density at radius 2 is 2.25 bits per heavy atom. The van der Waals surface area contributed by atoms with Crippen molar-refractivity contribution >= 4 is 35.7 Å². The van der Waals surface area contributed by atoms with E-state index in [9.17, 15) is 5.02 Å². The Hall–Kier alpha value is -1.44. The third-order valence-corrected chi connectivity index (χ3v) is 6.09. The highest BCUT2D eigenvalue weighted by Gasteiger charge is 2.32. The predicted molar refractivity (Wildman–Crippen MR) is 99.6 cm³/mol. The van der Waals surface area contributed by atoms with Crippen LogP contribution in [0.4, 0.5) is 0 Å². The molecule has 5 nitrogen and oxygen atoms in total. The zero-order valence-electron chi connectivity index (χ0n) is 13.8. The molecular formula is C17H22BN3O2S. The van der Waals surface area contributed by atoms with E-state index < -0.39 is 7.12 Å². The molecule has 2 aromatic rings. The van der Waals surface area contributed by atoms with Gasteiger partial charge in [0.05, 0.1) is 6.20 Å². The standard InChI is InChI=1S/C17H22BN3O2S/c1-19-24-10-11-2-4-12(5-3-11)14-8-18(22)23-15-9-21-17-13(16(14)15)6-7-20-17/h6-9,11-12,19,22H,2-5,10H2,1H3,(H,20,21)/t11-,12-. The Labute approximate surface area is 146 Å². The van der Waals surface area contributed by atoms with Crippen molar-refractivity contribution in [2.45, 2.75) is 25.7 Å². The molecule has 0 spiro atoms. The topological polar surface area (TPSA) is 70.2 Å². The van der Waals surface area contributed by atoms with Crippen molar-refractivity contribution in [1.29, 1.82) is 0 Å². The van der Waals surface area contributed by atoms with Gasteiger partial charge >= 0.3 is 7.12 Å². The molecule has 0 saturated heterocycles. The van der Waals surface area contributed by atoms with E-state index in [0.29, 0.717) is 11.7 Å². The van der Waals surface area contributed by atoms with Gasteiger partial charge in [0.25, 0.3) is 0 Å². The number of pyridine rings is 1. The maximum absolute atomic E-state index is 10.1. The summed E-state index contributed by atoms with van der Waals surface area (Å²) >= 11 is 1.81. The Morgan fingerprint density at radius 1 is 1.42 bits per heavy atom. The van der Waals surface area contributed by atoms with Crippen molar-refractivity contribution < 1.29 is 9.68 Å². The van der Waals surface area contributed by atoms with Crippen LogP contribution in [-0.4, -0.2) is 34.9 Å². The first-order valence-electron chi connectivity index (χ1n) is 8.57. The molecule has 4 rings (SSSR count). The zero-order chi connectivity index (χ0) is 16.5. The van der Waals surface area contributed by atoms with Gasteiger partial charge < -0.3 is 14.7 Å². The quantitative estimate of drug-likeness (QED) is 0.588. The van der Waals surface area contributed by atoms with Gasteiger partial charge in [-0.1, -0.05) is 11.9 Å². The summed E-state index contributed by atoms with van der Waals surface area (Å²) in [7, 11) is 1.11. The summed E-state index contributed by atoms with van der Waals surface area (Å²) in [5.41, 5.74) is 3.22. The lowest BCUT2D eigenvalue weighted by Gasteiger charge is -2.32. The van der Waals surface area contributed by atoms with E-state index >= 15 is 0 Å². The van der Waals surface area contributed by atoms with E-state index in [1.54, 1.807) is 18.1 Å². The lowest BCUT2D eigenvalue weighted by atomic mass is 9.71. The number of hydrogen-bond donors (Lipinski definition) is 3. The van der Waals surface area contributed by atoms with Crippen molar-refractivity contribution in [3.63, 3.8) is 0 Å². The maximum atomic E-state index is 10.1. The number of nitrogens with one attached hydrogen (secondary N) is 2. The molecule has 0 aromatic carbocycles. The number of aromatic nitrogens is 2. The fraction of sp³-hybridized carbons (Fsp3) is 0.471. The summed E-state index contributed by atoms with van der Waals surface area (Å²) in [6.45, 7) is 0. The minimum atomic E-state index is -0.872. The van der Waals surface area contributed by atoms with Crippen LogP contribution < -0.4 is 9.38 Å². The fourth-order valence-electron chi connectivity index (χ4n) is 3.96. The molecule has 0 unspecified atom stereocenters. The second kappa shape index (κ2) is 6.82. The number of H-pyrrole nitrogens is 1. The Balaban J connectivity index is 1.61. The van der Waals surface area contributed by atoms with Crippen molar-refractivity contribution in [1.82, 2.24) is 14.7 Å². The van der Waals surface area contributed by atoms with E-state index in [1.807, 2.05) is 25.3 Å². The Kier molecular flexibility index (Phi) is 4.56. The summed E-state index contributed by atoms with van der Waals surface area (Å²) in [6, 6.07) is 2.05. The first kappa shape index (κ1) is 16.1. The molecule has 0 radical (unpaired) electrons. The molecule has 1 aliphatic carbocycles. The first-order valence-corrected chi connectivity index (χ1v) is 9.56. The van der Waals surface area contributed by atoms with Crippen LogP contribution in [0, 0.1) is 11.8 Å². The number of allylic oxidation sites excluding steroid dienone is 1. The highest BCUT2D eigenvalue weighted by atomic mass is 32.2. The second-order valence-corrected chi connectivity index (χ2v) is 7.63. The normalized spacial score (nSPS) is 23.8. The van der Waals surface area contributed by atoms with Gasteiger partial charge in [-0.3, -0.25) is 4.72 Å². The average molecular weight is 343 g/mol. The van der Waals surface area contributed by atoms with E-state index in [2.05, 4.69) is 14.7 Å². The minimum absolute atomic E-state index is 0.485. The molecule has 0 amide bonds. The average Bonchev–Trinajstić information content (AvgIpc) is 3.08. The number of rotatable bonds is 4. The van der Waals surface area contributed by atoms with Crippen LogP contribution in [0.5, 0.6) is 5.75 Å². The van der Waals surface area contributed by atoms with Gasteiger partial charge in [0.15, 0.2) is 0 Å². The Bertz CT molecular complexity index is 755. The summed E-state index contributed by atoms with van der Waals surface area (Å²) in [6.07, 6.45) is 8.45. The molecule has 3 heterocycles. The molecule has 3 N–H and O–H groups in total. The Morgan fingerprint density at radius 3 is 3.04 bits per heavy atom. The molecule has 1 saturated carbocycles. The van der Waals surface area contributed by atoms with Crippen molar-refractivity contribution in [2.75, 3.05) is 12.8 Å². The predicted octanol–water partition coefficient (Wildman–Crippen LogP) is 3.03. The van der Waals surface area contributed by atoms with Gasteiger partial charge in [-0.25, -0.2) is 4.98 Å². The van der Waals surface area contributed by atoms with Gasteiger partial charge in [0.2, 0.25) is 0 Å². The minimum Gasteiger partial charge on any atom is -0.531 e. The van der Waals surface area contributed by atoms with Crippen molar-refractivity contribution in [3.05, 3.63) is 30.0 Å². The molecule has 126 valence electrons. The van der Waals surface area contributed by atoms with Crippen LogP contribution in [0.25, 0.3) is 16.6 Å². The van der Waals surface area contributed by atoms with Crippen LogP contribution in [0.2, 0.25) is 0 Å². The summed E-state index contributed by atoms with van der Waals surface area (Å²) in [4.78, 5) is 7.55. The molecule has 1 fully saturated rings. The molecule has 7 heteroatoms. The van der Waals surface area contributed by atoms with Crippen molar-refractivity contribution in [3.8, 4) is 5.75 Å². The molecule has 2 aromatic heterocycles. The van der Waals surface area contributed by atoms with Crippen LogP contribution >= 0.6 is 11.9 Å². The maximum Gasteiger partial charge on any atom is 0.552 e. The first-order chi connectivity index (χ1) is 11.8. The van der Waals surface area contributed by atoms with Gasteiger partial charge in [-0.2, -0.15) is 0 Å². The third-order valence-electron chi connectivity index (χ3n) is 5.16. The summed E-state index contributed by atoms with van der Waals surface area (Å²) < 4.78 is 8.77. The summed E-state index contributed by atoms with van der Waals surface area (Å²) in [5, 5.41) is 11.2. The van der Waals surface area contributed by atoms with Crippen molar-refractivity contribution in [2.24, 2.45) is 11.8 Å². The number of aromatic amines is 1. The highest BCUT2D eigenvalue weighted by Crippen LogP contribution is 2.44. The van der Waals surface area contributed by atoms with Crippen LogP contribution in [0.1, 0.15) is 31.2 Å². The van der Waals surface area contributed by atoms with Gasteiger partial charge in [0.1, 0.15) is 11.4 Å². The van der Waals surface area contributed by atoms with Crippen LogP contribution in [0.3, 0.4) is 0 Å². The molecule has 1 aliphatic heterocycles. The highest BCUT2D eigenvalue weighted by molar-refractivity contribution is 7.97. The SMILES string of the molecule is CNSC[C@H]1CC[C@H](C2=CB(O)Oc3cnc4[nH]ccc4c32)CC1. The number of fused-ring (bicyclic) bond motifs is 3. The monoisotopic (exact) mass is 343 g/mol. The molecule has 0 bridgehead atoms. The molecular weight excluding hydrogens is 321 g/mol. The van der Waals surface area contributed by atoms with Gasteiger partial charge in [-0.15, -0.1) is 0 Å². The molecule has 24 heavy (non-hydrogen) atoms. The summed E-state index contributed by atoms with van der Waals surface area (Å²) in [5.74, 6) is 5.03. The number of hydrogen-bond acceptors (Lipinski definition) is 5. The van der Waals surface area contributed by atoms with E-state index in [0.717, 1.165) is 22.5 Å². The lowest BCUT2D eigenvalue weighted by Crippen LogP contribution is -2.27.